The highest BCUT2D eigenvalue weighted by Crippen LogP contribution is 2.09. The lowest BCUT2D eigenvalue weighted by molar-refractivity contribution is -0.135. The number of nitrogens with zero attached hydrogens (tertiary/aromatic N) is 3. The summed E-state index contributed by atoms with van der Waals surface area (Å²) in [4.78, 5) is 14.0. The maximum atomic E-state index is 12.1. The largest absolute Gasteiger partial charge is 0.336 e. The number of nitrogens with one attached hydrogen (secondary N) is 1. The third kappa shape index (κ3) is 2.24. The van der Waals surface area contributed by atoms with Crippen molar-refractivity contribution in [2.75, 3.05) is 13.1 Å². The van der Waals surface area contributed by atoms with Gasteiger partial charge in [-0.05, 0) is 19.9 Å². The summed E-state index contributed by atoms with van der Waals surface area (Å²) in [6.45, 7) is 6.18. The molecule has 1 amide bonds. The number of rotatable bonds is 2. The molecule has 2 unspecified atom stereocenters. The Kier molecular flexibility index (Phi) is 3.24. The van der Waals surface area contributed by atoms with Gasteiger partial charge >= 0.3 is 0 Å². The van der Waals surface area contributed by atoms with Crippen LogP contribution in [0.5, 0.6) is 0 Å². The van der Waals surface area contributed by atoms with Gasteiger partial charge < -0.3 is 10.2 Å². The van der Waals surface area contributed by atoms with Gasteiger partial charge in [0.15, 0.2) is 0 Å². The molecular weight excluding hydrogens is 204 g/mol. The molecule has 16 heavy (non-hydrogen) atoms. The Hall–Kier alpha value is -1.36. The topological polar surface area (TPSA) is 50.2 Å². The molecule has 0 bridgehead atoms. The Bertz CT molecular complexity index is 349. The van der Waals surface area contributed by atoms with Crippen molar-refractivity contribution in [2.45, 2.75) is 32.5 Å². The standard InChI is InChI=1S/C11H18N4O/c1-9-10(2)15(7-5-12-9)11(16)8-14-6-3-4-13-14/h3-4,6,9-10,12H,5,7-8H2,1-2H3. The van der Waals surface area contributed by atoms with E-state index in [1.54, 1.807) is 10.9 Å². The first kappa shape index (κ1) is 11.1. The number of aromatic nitrogens is 2. The van der Waals surface area contributed by atoms with Crippen LogP contribution in [0.25, 0.3) is 0 Å². The lowest BCUT2D eigenvalue weighted by Crippen LogP contribution is -2.57. The first-order valence-electron chi connectivity index (χ1n) is 5.69. The number of carbonyl (C=O) groups excluding carboxylic acids is 1. The van der Waals surface area contributed by atoms with Crippen molar-refractivity contribution >= 4 is 5.91 Å². The Morgan fingerprint density at radius 3 is 3.06 bits per heavy atom. The summed E-state index contributed by atoms with van der Waals surface area (Å²) < 4.78 is 1.67. The van der Waals surface area contributed by atoms with Gasteiger partial charge in [-0.3, -0.25) is 9.48 Å². The minimum atomic E-state index is 0.143. The van der Waals surface area contributed by atoms with Crippen LogP contribution >= 0.6 is 0 Å². The molecule has 88 valence electrons. The van der Waals surface area contributed by atoms with Gasteiger partial charge in [-0.25, -0.2) is 0 Å². The van der Waals surface area contributed by atoms with Crippen molar-refractivity contribution in [3.63, 3.8) is 0 Å². The molecule has 0 spiro atoms. The first-order chi connectivity index (χ1) is 7.68. The smallest absolute Gasteiger partial charge is 0.244 e. The highest BCUT2D eigenvalue weighted by atomic mass is 16.2. The summed E-state index contributed by atoms with van der Waals surface area (Å²) in [6, 6.07) is 2.43. The van der Waals surface area contributed by atoms with E-state index < -0.39 is 0 Å². The molecule has 0 aromatic carbocycles. The molecule has 0 radical (unpaired) electrons. The summed E-state index contributed by atoms with van der Waals surface area (Å²) in [5.41, 5.74) is 0. The van der Waals surface area contributed by atoms with Crippen molar-refractivity contribution in [3.05, 3.63) is 18.5 Å². The summed E-state index contributed by atoms with van der Waals surface area (Å²) in [5, 5.41) is 7.41. The van der Waals surface area contributed by atoms with E-state index in [-0.39, 0.29) is 11.9 Å². The third-order valence-electron chi connectivity index (χ3n) is 3.21. The van der Waals surface area contributed by atoms with Crippen molar-refractivity contribution in [1.82, 2.24) is 20.0 Å². The Balaban J connectivity index is 1.98. The van der Waals surface area contributed by atoms with Crippen LogP contribution in [0.15, 0.2) is 18.5 Å². The molecular formula is C11H18N4O. The Labute approximate surface area is 95.4 Å². The van der Waals surface area contributed by atoms with Crippen molar-refractivity contribution in [2.24, 2.45) is 0 Å². The van der Waals surface area contributed by atoms with E-state index in [2.05, 4.69) is 24.3 Å². The molecule has 5 nitrogen and oxygen atoms in total. The van der Waals surface area contributed by atoms with Gasteiger partial charge in [-0.15, -0.1) is 0 Å². The molecule has 1 aliphatic rings. The van der Waals surface area contributed by atoms with Gasteiger partial charge in [0.05, 0.1) is 0 Å². The Morgan fingerprint density at radius 1 is 1.56 bits per heavy atom. The van der Waals surface area contributed by atoms with E-state index in [4.69, 9.17) is 0 Å². The van der Waals surface area contributed by atoms with Gasteiger partial charge in [0.2, 0.25) is 5.91 Å². The van der Waals surface area contributed by atoms with Crippen LogP contribution in [0.2, 0.25) is 0 Å². The molecule has 5 heteroatoms. The molecule has 2 heterocycles. The van der Waals surface area contributed by atoms with E-state index in [9.17, 15) is 4.79 Å². The molecule has 0 saturated carbocycles. The molecule has 2 atom stereocenters. The van der Waals surface area contributed by atoms with Gasteiger partial charge in [0.1, 0.15) is 6.54 Å². The third-order valence-corrected chi connectivity index (χ3v) is 3.21. The Morgan fingerprint density at radius 2 is 2.38 bits per heavy atom. The van der Waals surface area contributed by atoms with Crippen LogP contribution in [0.3, 0.4) is 0 Å². The van der Waals surface area contributed by atoms with E-state index >= 15 is 0 Å². The van der Waals surface area contributed by atoms with Crippen LogP contribution in [0.4, 0.5) is 0 Å². The number of amides is 1. The SMILES string of the molecule is CC1NCCN(C(=O)Cn2cccn2)C1C. The van der Waals surface area contributed by atoms with Crippen LogP contribution < -0.4 is 5.32 Å². The van der Waals surface area contributed by atoms with Crippen molar-refractivity contribution < 1.29 is 4.79 Å². The predicted octanol–water partition coefficient (Wildman–Crippen LogP) is 0.0919. The highest BCUT2D eigenvalue weighted by Gasteiger charge is 2.27. The van der Waals surface area contributed by atoms with Crippen LogP contribution in [0, 0.1) is 0 Å². The zero-order valence-electron chi connectivity index (χ0n) is 9.76. The summed E-state index contributed by atoms with van der Waals surface area (Å²) in [7, 11) is 0. The molecule has 1 saturated heterocycles. The lowest BCUT2D eigenvalue weighted by atomic mass is 10.1. The van der Waals surface area contributed by atoms with E-state index in [0.29, 0.717) is 12.6 Å². The fraction of sp³-hybridized carbons (Fsp3) is 0.636. The van der Waals surface area contributed by atoms with Crippen molar-refractivity contribution in [3.8, 4) is 0 Å². The maximum absolute atomic E-state index is 12.1. The number of hydrogen-bond donors (Lipinski definition) is 1. The zero-order chi connectivity index (χ0) is 11.5. The first-order valence-corrected chi connectivity index (χ1v) is 5.69. The van der Waals surface area contributed by atoms with E-state index in [1.807, 2.05) is 17.2 Å². The molecule has 1 aromatic rings. The average molecular weight is 222 g/mol. The minimum Gasteiger partial charge on any atom is -0.336 e. The predicted molar refractivity (Wildman–Crippen MR) is 60.9 cm³/mol. The molecule has 1 aromatic heterocycles. The van der Waals surface area contributed by atoms with E-state index in [1.165, 1.54) is 0 Å². The van der Waals surface area contributed by atoms with Gasteiger partial charge in [0.25, 0.3) is 0 Å². The molecule has 1 aliphatic heterocycles. The average Bonchev–Trinajstić information content (AvgIpc) is 2.74. The quantitative estimate of drug-likeness (QED) is 0.771. The van der Waals surface area contributed by atoms with Crippen LogP contribution in [0.1, 0.15) is 13.8 Å². The second kappa shape index (κ2) is 4.65. The van der Waals surface area contributed by atoms with Gasteiger partial charge in [-0.2, -0.15) is 5.10 Å². The van der Waals surface area contributed by atoms with Crippen LogP contribution in [-0.2, 0) is 11.3 Å². The summed E-state index contributed by atoms with van der Waals surface area (Å²) in [6.07, 6.45) is 3.51. The number of hydrogen-bond acceptors (Lipinski definition) is 3. The normalized spacial score (nSPS) is 25.8. The maximum Gasteiger partial charge on any atom is 0.244 e. The lowest BCUT2D eigenvalue weighted by Gasteiger charge is -2.38. The van der Waals surface area contributed by atoms with E-state index in [0.717, 1.165) is 13.1 Å². The fourth-order valence-electron chi connectivity index (χ4n) is 2.03. The second-order valence-corrected chi connectivity index (χ2v) is 4.27. The second-order valence-electron chi connectivity index (χ2n) is 4.27. The molecule has 1 N–H and O–H groups in total. The zero-order valence-corrected chi connectivity index (χ0v) is 9.76. The van der Waals surface area contributed by atoms with Gasteiger partial charge in [0, 0.05) is 37.6 Å². The van der Waals surface area contributed by atoms with Crippen molar-refractivity contribution in [1.29, 1.82) is 0 Å². The molecule has 1 fully saturated rings. The summed E-state index contributed by atoms with van der Waals surface area (Å²) in [5.74, 6) is 0.143. The number of carbonyl (C=O) groups is 1. The summed E-state index contributed by atoms with van der Waals surface area (Å²) >= 11 is 0. The fourth-order valence-corrected chi connectivity index (χ4v) is 2.03. The molecule has 2 rings (SSSR count). The van der Waals surface area contributed by atoms with Crippen LogP contribution in [-0.4, -0.2) is 45.8 Å². The number of piperazine rings is 1. The molecule has 0 aliphatic carbocycles. The monoisotopic (exact) mass is 222 g/mol. The highest BCUT2D eigenvalue weighted by molar-refractivity contribution is 5.76. The van der Waals surface area contributed by atoms with Gasteiger partial charge in [-0.1, -0.05) is 0 Å². The minimum absolute atomic E-state index is 0.143.